The number of nitrogens with one attached hydrogen (secondary N) is 1. The fourth-order valence-corrected chi connectivity index (χ4v) is 2.99. The van der Waals surface area contributed by atoms with E-state index in [1.54, 1.807) is 6.07 Å². The van der Waals surface area contributed by atoms with Gasteiger partial charge in [0.1, 0.15) is 5.82 Å². The zero-order chi connectivity index (χ0) is 15.1. The van der Waals surface area contributed by atoms with Crippen molar-refractivity contribution in [3.63, 3.8) is 0 Å². The Bertz CT molecular complexity index is 470. The van der Waals surface area contributed by atoms with Crippen LogP contribution >= 0.6 is 0 Å². The van der Waals surface area contributed by atoms with Crippen LogP contribution in [0.1, 0.15) is 54.4 Å². The first-order valence-corrected chi connectivity index (χ1v) is 7.78. The summed E-state index contributed by atoms with van der Waals surface area (Å²) in [5.74, 6) is -0.237. The molecule has 2 rings (SSSR count). The Hall–Kier alpha value is -1.42. The van der Waals surface area contributed by atoms with E-state index in [1.807, 2.05) is 0 Å². The van der Waals surface area contributed by atoms with Crippen molar-refractivity contribution < 1.29 is 13.9 Å². The fourth-order valence-electron chi connectivity index (χ4n) is 2.99. The Balaban J connectivity index is 1.70. The first-order valence-electron chi connectivity index (χ1n) is 7.78. The minimum absolute atomic E-state index is 0.0116. The van der Waals surface area contributed by atoms with Crippen LogP contribution in [0.25, 0.3) is 0 Å². The maximum absolute atomic E-state index is 13.7. The van der Waals surface area contributed by atoms with E-state index in [0.29, 0.717) is 6.54 Å². The monoisotopic (exact) mass is 293 g/mol. The maximum Gasteiger partial charge on any atom is 0.340 e. The van der Waals surface area contributed by atoms with Crippen molar-refractivity contribution in [2.75, 3.05) is 13.7 Å². The Morgan fingerprint density at radius 2 is 2.14 bits per heavy atom. The average Bonchev–Trinajstić information content (AvgIpc) is 2.99. The summed E-state index contributed by atoms with van der Waals surface area (Å²) < 4.78 is 18.3. The van der Waals surface area contributed by atoms with E-state index in [9.17, 15) is 9.18 Å². The van der Waals surface area contributed by atoms with Crippen molar-refractivity contribution >= 4 is 5.97 Å². The van der Waals surface area contributed by atoms with Gasteiger partial charge < -0.3 is 10.1 Å². The molecule has 3 nitrogen and oxygen atoms in total. The molecule has 0 radical (unpaired) electrons. The Labute approximate surface area is 125 Å². The molecule has 1 aliphatic rings. The molecule has 1 aromatic carbocycles. The fraction of sp³-hybridized carbons (Fsp3) is 0.588. The number of halogens is 1. The molecule has 21 heavy (non-hydrogen) atoms. The molecule has 1 N–H and O–H groups in total. The Morgan fingerprint density at radius 1 is 1.38 bits per heavy atom. The first-order chi connectivity index (χ1) is 10.2. The van der Waals surface area contributed by atoms with Crippen LogP contribution in [0.5, 0.6) is 0 Å². The summed E-state index contributed by atoms with van der Waals surface area (Å²) >= 11 is 0. The predicted octanol–water partition coefficient (Wildman–Crippen LogP) is 3.67. The highest BCUT2D eigenvalue weighted by Crippen LogP contribution is 2.28. The van der Waals surface area contributed by atoms with E-state index in [1.165, 1.54) is 57.8 Å². The molecular weight excluding hydrogens is 269 g/mol. The van der Waals surface area contributed by atoms with Gasteiger partial charge in [0.05, 0.1) is 12.7 Å². The number of carbonyl (C=O) groups is 1. The number of hydrogen-bond donors (Lipinski definition) is 1. The molecule has 1 fully saturated rings. The van der Waals surface area contributed by atoms with Crippen molar-refractivity contribution in [3.8, 4) is 0 Å². The third-order valence-electron chi connectivity index (χ3n) is 4.21. The number of carbonyl (C=O) groups excluding carboxylic acids is 1. The SMILES string of the molecule is COC(=O)c1ccc(CNCCCC2CCCC2)cc1F. The van der Waals surface area contributed by atoms with Crippen LogP contribution < -0.4 is 5.32 Å². The van der Waals surface area contributed by atoms with Crippen molar-refractivity contribution in [2.24, 2.45) is 5.92 Å². The van der Waals surface area contributed by atoms with Gasteiger partial charge in [0.2, 0.25) is 0 Å². The summed E-state index contributed by atoms with van der Waals surface area (Å²) in [7, 11) is 1.25. The molecule has 0 atom stereocenters. The molecule has 1 aliphatic carbocycles. The molecule has 4 heteroatoms. The molecule has 0 aliphatic heterocycles. The van der Waals surface area contributed by atoms with Gasteiger partial charge in [-0.15, -0.1) is 0 Å². The summed E-state index contributed by atoms with van der Waals surface area (Å²) in [6.45, 7) is 1.58. The molecule has 0 aromatic heterocycles. The van der Waals surface area contributed by atoms with Crippen molar-refractivity contribution in [2.45, 2.75) is 45.1 Å². The minimum Gasteiger partial charge on any atom is -0.465 e. The van der Waals surface area contributed by atoms with Crippen LogP contribution in [0.15, 0.2) is 18.2 Å². The second-order valence-corrected chi connectivity index (χ2v) is 5.78. The zero-order valence-corrected chi connectivity index (χ0v) is 12.7. The molecule has 0 heterocycles. The van der Waals surface area contributed by atoms with E-state index in [4.69, 9.17) is 0 Å². The third-order valence-corrected chi connectivity index (χ3v) is 4.21. The van der Waals surface area contributed by atoms with E-state index in [-0.39, 0.29) is 5.56 Å². The van der Waals surface area contributed by atoms with Crippen LogP contribution in [0.4, 0.5) is 4.39 Å². The number of hydrogen-bond acceptors (Lipinski definition) is 3. The van der Waals surface area contributed by atoms with Gasteiger partial charge in [-0.1, -0.05) is 31.7 Å². The largest absolute Gasteiger partial charge is 0.465 e. The summed E-state index contributed by atoms with van der Waals surface area (Å²) in [4.78, 5) is 11.3. The average molecular weight is 293 g/mol. The van der Waals surface area contributed by atoms with Crippen LogP contribution in [0.3, 0.4) is 0 Å². The Kier molecular flexibility index (Phi) is 6.18. The van der Waals surface area contributed by atoms with Gasteiger partial charge in [0, 0.05) is 6.54 Å². The van der Waals surface area contributed by atoms with E-state index in [0.717, 1.165) is 18.0 Å². The lowest BCUT2D eigenvalue weighted by Gasteiger charge is -2.10. The standard InChI is InChI=1S/C17H24FNO2/c1-21-17(20)15-9-8-14(11-16(15)18)12-19-10-4-7-13-5-2-3-6-13/h8-9,11,13,19H,2-7,10,12H2,1H3. The van der Waals surface area contributed by atoms with Crippen molar-refractivity contribution in [1.29, 1.82) is 0 Å². The van der Waals surface area contributed by atoms with E-state index < -0.39 is 11.8 Å². The second-order valence-electron chi connectivity index (χ2n) is 5.78. The van der Waals surface area contributed by atoms with Gasteiger partial charge >= 0.3 is 5.97 Å². The van der Waals surface area contributed by atoms with Gasteiger partial charge in [-0.05, 0) is 43.0 Å². The van der Waals surface area contributed by atoms with Crippen LogP contribution in [-0.4, -0.2) is 19.6 Å². The molecule has 0 bridgehead atoms. The smallest absolute Gasteiger partial charge is 0.340 e. The molecule has 1 saturated carbocycles. The lowest BCUT2D eigenvalue weighted by Crippen LogP contribution is -2.16. The highest BCUT2D eigenvalue weighted by Gasteiger charge is 2.14. The van der Waals surface area contributed by atoms with Crippen LogP contribution in [0.2, 0.25) is 0 Å². The van der Waals surface area contributed by atoms with Crippen LogP contribution in [0, 0.1) is 11.7 Å². The van der Waals surface area contributed by atoms with Crippen LogP contribution in [-0.2, 0) is 11.3 Å². The number of ether oxygens (including phenoxy) is 1. The van der Waals surface area contributed by atoms with E-state index in [2.05, 4.69) is 10.1 Å². The quantitative estimate of drug-likeness (QED) is 0.616. The van der Waals surface area contributed by atoms with Crippen molar-refractivity contribution in [3.05, 3.63) is 35.1 Å². The van der Waals surface area contributed by atoms with Crippen molar-refractivity contribution in [1.82, 2.24) is 5.32 Å². The molecule has 0 unspecified atom stereocenters. The lowest BCUT2D eigenvalue weighted by molar-refractivity contribution is 0.0595. The van der Waals surface area contributed by atoms with Gasteiger partial charge in [0.25, 0.3) is 0 Å². The first kappa shape index (κ1) is 16.0. The number of rotatable bonds is 7. The molecule has 116 valence electrons. The summed E-state index contributed by atoms with van der Waals surface area (Å²) in [5, 5.41) is 3.33. The predicted molar refractivity (Wildman–Crippen MR) is 80.6 cm³/mol. The topological polar surface area (TPSA) is 38.3 Å². The lowest BCUT2D eigenvalue weighted by atomic mass is 10.0. The summed E-state index contributed by atoms with van der Waals surface area (Å²) in [5.41, 5.74) is 0.837. The zero-order valence-electron chi connectivity index (χ0n) is 12.7. The molecule has 0 saturated heterocycles. The molecule has 0 spiro atoms. The van der Waals surface area contributed by atoms with Gasteiger partial charge in [0.15, 0.2) is 0 Å². The summed E-state index contributed by atoms with van der Waals surface area (Å²) in [6, 6.07) is 4.65. The van der Waals surface area contributed by atoms with Gasteiger partial charge in [-0.3, -0.25) is 0 Å². The number of benzene rings is 1. The minimum atomic E-state index is -0.636. The normalized spacial score (nSPS) is 15.3. The van der Waals surface area contributed by atoms with E-state index >= 15 is 0 Å². The van der Waals surface area contributed by atoms with Gasteiger partial charge in [-0.2, -0.15) is 0 Å². The third kappa shape index (κ3) is 4.81. The van der Waals surface area contributed by atoms with Gasteiger partial charge in [-0.25, -0.2) is 9.18 Å². The molecular formula is C17H24FNO2. The maximum atomic E-state index is 13.7. The number of esters is 1. The highest BCUT2D eigenvalue weighted by molar-refractivity contribution is 5.89. The molecule has 1 aromatic rings. The Morgan fingerprint density at radius 3 is 2.81 bits per heavy atom. The summed E-state index contributed by atoms with van der Waals surface area (Å²) in [6.07, 6.45) is 8.03. The second kappa shape index (κ2) is 8.13. The highest BCUT2D eigenvalue weighted by atomic mass is 19.1. The number of methoxy groups -OCH3 is 1. The molecule has 0 amide bonds.